The van der Waals surface area contributed by atoms with Gasteiger partial charge >= 0.3 is 0 Å². The second-order valence-electron chi connectivity index (χ2n) is 9.44. The van der Waals surface area contributed by atoms with E-state index < -0.39 is 0 Å². The molecule has 1 aliphatic carbocycles. The molecular formula is C26H35NO. The molecule has 2 atom stereocenters. The zero-order valence-corrected chi connectivity index (χ0v) is 17.5. The van der Waals surface area contributed by atoms with Crippen molar-refractivity contribution in [3.63, 3.8) is 0 Å². The van der Waals surface area contributed by atoms with Crippen LogP contribution in [-0.4, -0.2) is 31.1 Å². The number of hydrogen-bond acceptors (Lipinski definition) is 2. The second-order valence-corrected chi connectivity index (χ2v) is 9.44. The molecule has 0 radical (unpaired) electrons. The quantitative estimate of drug-likeness (QED) is 0.609. The van der Waals surface area contributed by atoms with Crippen LogP contribution < -0.4 is 0 Å². The van der Waals surface area contributed by atoms with Gasteiger partial charge in [0.05, 0.1) is 13.2 Å². The van der Waals surface area contributed by atoms with Crippen LogP contribution in [0.1, 0.15) is 50.2 Å². The molecule has 2 fully saturated rings. The number of piperidine rings is 1. The largest absolute Gasteiger partial charge is 0.376 e. The molecule has 4 rings (SSSR count). The third kappa shape index (κ3) is 4.50. The minimum Gasteiger partial charge on any atom is -0.376 e. The third-order valence-corrected chi connectivity index (χ3v) is 7.44. The molecule has 2 nitrogen and oxygen atoms in total. The minimum atomic E-state index is 0.396. The Hall–Kier alpha value is -1.64. The Balaban J connectivity index is 1.19. The van der Waals surface area contributed by atoms with E-state index in [1.54, 1.807) is 0 Å². The summed E-state index contributed by atoms with van der Waals surface area (Å²) in [7, 11) is 0. The van der Waals surface area contributed by atoms with E-state index in [2.05, 4.69) is 79.4 Å². The highest BCUT2D eigenvalue weighted by Gasteiger charge is 2.48. The van der Waals surface area contributed by atoms with Crippen molar-refractivity contribution in [2.24, 2.45) is 17.3 Å². The zero-order chi connectivity index (χ0) is 19.4. The first-order valence-corrected chi connectivity index (χ1v) is 11.0. The first-order chi connectivity index (χ1) is 13.6. The van der Waals surface area contributed by atoms with Crippen molar-refractivity contribution in [3.05, 3.63) is 71.8 Å². The highest BCUT2D eigenvalue weighted by molar-refractivity contribution is 5.20. The first-order valence-electron chi connectivity index (χ1n) is 11.0. The molecule has 1 heterocycles. The number of rotatable bonds is 7. The number of ether oxygens (including phenoxy) is 1. The van der Waals surface area contributed by atoms with Crippen molar-refractivity contribution in [1.82, 2.24) is 4.90 Å². The lowest BCUT2D eigenvalue weighted by Crippen LogP contribution is -2.52. The van der Waals surface area contributed by atoms with Crippen molar-refractivity contribution in [2.45, 2.75) is 45.6 Å². The fourth-order valence-corrected chi connectivity index (χ4v) is 5.10. The van der Waals surface area contributed by atoms with Gasteiger partial charge in [0, 0.05) is 6.54 Å². The van der Waals surface area contributed by atoms with E-state index in [1.807, 2.05) is 0 Å². The molecule has 2 heteroatoms. The predicted molar refractivity (Wildman–Crippen MR) is 116 cm³/mol. The Bertz CT molecular complexity index is 719. The summed E-state index contributed by atoms with van der Waals surface area (Å²) in [6.45, 7) is 10.3. The molecule has 2 aliphatic rings. The third-order valence-electron chi connectivity index (χ3n) is 7.44. The van der Waals surface area contributed by atoms with Gasteiger partial charge < -0.3 is 9.64 Å². The van der Waals surface area contributed by atoms with Crippen molar-refractivity contribution in [2.75, 3.05) is 26.2 Å². The maximum atomic E-state index is 6.05. The fourth-order valence-electron chi connectivity index (χ4n) is 5.10. The van der Waals surface area contributed by atoms with Crippen molar-refractivity contribution in [1.29, 1.82) is 0 Å². The minimum absolute atomic E-state index is 0.396. The van der Waals surface area contributed by atoms with E-state index in [9.17, 15) is 0 Å². The summed E-state index contributed by atoms with van der Waals surface area (Å²) in [5.74, 6) is 2.26. The number of benzene rings is 2. The van der Waals surface area contributed by atoms with Crippen molar-refractivity contribution >= 4 is 0 Å². The van der Waals surface area contributed by atoms with Crippen LogP contribution in [0.15, 0.2) is 60.7 Å². The average Bonchev–Trinajstić information content (AvgIpc) is 2.74. The normalized spacial score (nSPS) is 25.4. The standard InChI is InChI=1S/C26H35NO/c1-26(2)24(17-25(26)20-28-19-21-9-5-3-6-10-21)18-27-15-13-23(14-16-27)22-11-7-4-8-12-22/h3-12,23-25H,13-20H2,1-2H3/t24?,25-/m1/s1. The van der Waals surface area contributed by atoms with Crippen LogP contribution in [0, 0.1) is 17.3 Å². The number of likely N-dealkylation sites (tertiary alicyclic amines) is 1. The second kappa shape index (κ2) is 8.80. The van der Waals surface area contributed by atoms with Gasteiger partial charge in [0.15, 0.2) is 0 Å². The summed E-state index contributed by atoms with van der Waals surface area (Å²) in [6.07, 6.45) is 3.93. The Morgan fingerprint density at radius 3 is 2.18 bits per heavy atom. The van der Waals surface area contributed by atoms with Crippen LogP contribution in [0.3, 0.4) is 0 Å². The van der Waals surface area contributed by atoms with Crippen LogP contribution in [0.4, 0.5) is 0 Å². The highest BCUT2D eigenvalue weighted by atomic mass is 16.5. The predicted octanol–water partition coefficient (Wildman–Crippen LogP) is 5.75. The zero-order valence-electron chi connectivity index (χ0n) is 17.5. The molecular weight excluding hydrogens is 342 g/mol. The summed E-state index contributed by atoms with van der Waals surface area (Å²) < 4.78 is 6.05. The summed E-state index contributed by atoms with van der Waals surface area (Å²) in [5.41, 5.74) is 3.20. The Morgan fingerprint density at radius 1 is 0.893 bits per heavy atom. The molecule has 2 aromatic rings. The number of hydrogen-bond donors (Lipinski definition) is 0. The maximum Gasteiger partial charge on any atom is 0.0717 e. The summed E-state index contributed by atoms with van der Waals surface area (Å²) in [6, 6.07) is 21.6. The molecule has 0 spiro atoms. The van der Waals surface area contributed by atoms with Crippen LogP contribution >= 0.6 is 0 Å². The van der Waals surface area contributed by atoms with Gasteiger partial charge in [-0.15, -0.1) is 0 Å². The van der Waals surface area contributed by atoms with Gasteiger partial charge in [0.25, 0.3) is 0 Å². The molecule has 2 aromatic carbocycles. The molecule has 1 unspecified atom stereocenters. The fraction of sp³-hybridized carbons (Fsp3) is 0.538. The van der Waals surface area contributed by atoms with Crippen molar-refractivity contribution < 1.29 is 4.74 Å². The van der Waals surface area contributed by atoms with E-state index in [0.29, 0.717) is 11.3 Å². The lowest BCUT2D eigenvalue weighted by Gasteiger charge is -2.54. The van der Waals surface area contributed by atoms with Crippen LogP contribution in [0.2, 0.25) is 0 Å². The van der Waals surface area contributed by atoms with Crippen molar-refractivity contribution in [3.8, 4) is 0 Å². The molecule has 28 heavy (non-hydrogen) atoms. The van der Waals surface area contributed by atoms with Gasteiger partial charge in [-0.1, -0.05) is 74.5 Å². The van der Waals surface area contributed by atoms with Gasteiger partial charge in [-0.2, -0.15) is 0 Å². The van der Waals surface area contributed by atoms with E-state index >= 15 is 0 Å². The Kier molecular flexibility index (Phi) is 6.18. The van der Waals surface area contributed by atoms with Crippen LogP contribution in [0.5, 0.6) is 0 Å². The van der Waals surface area contributed by atoms with E-state index in [-0.39, 0.29) is 0 Å². The highest BCUT2D eigenvalue weighted by Crippen LogP contribution is 2.51. The van der Waals surface area contributed by atoms with Gasteiger partial charge in [0.1, 0.15) is 0 Å². The first kappa shape index (κ1) is 19.7. The van der Waals surface area contributed by atoms with Gasteiger partial charge in [-0.3, -0.25) is 0 Å². The molecule has 1 saturated carbocycles. The number of nitrogens with zero attached hydrogens (tertiary/aromatic N) is 1. The lowest BCUT2D eigenvalue weighted by atomic mass is 9.55. The summed E-state index contributed by atoms with van der Waals surface area (Å²) in [4.78, 5) is 2.72. The van der Waals surface area contributed by atoms with E-state index in [0.717, 1.165) is 25.0 Å². The molecule has 1 aliphatic heterocycles. The molecule has 0 bridgehead atoms. The SMILES string of the molecule is CC1(C)C(CN2CCC(c3ccccc3)CC2)C[C@@H]1COCc1ccccc1. The summed E-state index contributed by atoms with van der Waals surface area (Å²) >= 11 is 0. The monoisotopic (exact) mass is 377 g/mol. The maximum absolute atomic E-state index is 6.05. The van der Waals surface area contributed by atoms with Gasteiger partial charge in [-0.05, 0) is 66.6 Å². The van der Waals surface area contributed by atoms with E-state index in [4.69, 9.17) is 4.74 Å². The van der Waals surface area contributed by atoms with Crippen LogP contribution in [0.25, 0.3) is 0 Å². The van der Waals surface area contributed by atoms with Crippen LogP contribution in [-0.2, 0) is 11.3 Å². The average molecular weight is 378 g/mol. The lowest BCUT2D eigenvalue weighted by molar-refractivity contribution is -0.0872. The van der Waals surface area contributed by atoms with Gasteiger partial charge in [-0.25, -0.2) is 0 Å². The summed E-state index contributed by atoms with van der Waals surface area (Å²) in [5, 5.41) is 0. The topological polar surface area (TPSA) is 12.5 Å². The molecule has 150 valence electrons. The molecule has 0 N–H and O–H groups in total. The smallest absolute Gasteiger partial charge is 0.0717 e. The molecule has 0 aromatic heterocycles. The Morgan fingerprint density at radius 2 is 1.54 bits per heavy atom. The molecule has 1 saturated heterocycles. The van der Waals surface area contributed by atoms with Gasteiger partial charge in [0.2, 0.25) is 0 Å². The molecule has 0 amide bonds. The Labute approximate surface area is 170 Å². The van der Waals surface area contributed by atoms with E-state index in [1.165, 1.54) is 50.0 Å².